The summed E-state index contributed by atoms with van der Waals surface area (Å²) >= 11 is 0. The van der Waals surface area contributed by atoms with Gasteiger partial charge in [-0.2, -0.15) is 0 Å². The van der Waals surface area contributed by atoms with Crippen molar-refractivity contribution in [2.45, 2.75) is 77.7 Å². The molecule has 2 heterocycles. The van der Waals surface area contributed by atoms with Gasteiger partial charge in [-0.05, 0) is 103 Å². The molecule has 11 nitrogen and oxygen atoms in total. The Balaban J connectivity index is 1.54. The molecule has 11 heteroatoms. The van der Waals surface area contributed by atoms with E-state index in [1.54, 1.807) is 23.1 Å². The van der Waals surface area contributed by atoms with E-state index in [-0.39, 0.29) is 43.3 Å². The molecule has 2 aromatic rings. The van der Waals surface area contributed by atoms with Gasteiger partial charge in [0, 0.05) is 44.3 Å². The van der Waals surface area contributed by atoms with E-state index in [2.05, 4.69) is 24.2 Å². The van der Waals surface area contributed by atoms with Crippen LogP contribution in [0.25, 0.3) is 0 Å². The van der Waals surface area contributed by atoms with E-state index >= 15 is 0 Å². The fourth-order valence-electron chi connectivity index (χ4n) is 5.96. The van der Waals surface area contributed by atoms with Gasteiger partial charge in [0.15, 0.2) is 11.5 Å². The van der Waals surface area contributed by atoms with E-state index < -0.39 is 6.04 Å². The molecule has 0 fully saturated rings. The smallest absolute Gasteiger partial charge is 0.258 e. The summed E-state index contributed by atoms with van der Waals surface area (Å²) in [4.78, 5) is 33.0. The highest BCUT2D eigenvalue weighted by Crippen LogP contribution is 2.33. The Hall–Kier alpha value is -3.38. The summed E-state index contributed by atoms with van der Waals surface area (Å²) in [7, 11) is 6.02. The minimum atomic E-state index is -0.445. The zero-order chi connectivity index (χ0) is 33.9. The van der Waals surface area contributed by atoms with Crippen molar-refractivity contribution in [1.29, 1.82) is 0 Å². The molecule has 2 aliphatic heterocycles. The van der Waals surface area contributed by atoms with Gasteiger partial charge in [0.05, 0.1) is 30.4 Å². The molecule has 0 aromatic heterocycles. The largest absolute Gasteiger partial charge is 0.490 e. The first kappa shape index (κ1) is 36.5. The highest BCUT2D eigenvalue weighted by molar-refractivity contribution is 5.99. The number of aliphatic hydroxyl groups is 1. The van der Waals surface area contributed by atoms with Crippen molar-refractivity contribution in [3.8, 4) is 17.2 Å². The van der Waals surface area contributed by atoms with Crippen LogP contribution in [0.5, 0.6) is 17.2 Å². The molecule has 0 unspecified atom stereocenters. The number of hydrogen-bond donors (Lipinski definition) is 2. The van der Waals surface area contributed by atoms with Gasteiger partial charge >= 0.3 is 0 Å². The molecule has 0 bridgehead atoms. The standard InChI is InChI=1S/C36H54N4O7/c1-25-20-40(26(2)23-41)36(43)30-19-29(37-35(42)11-9-16-38(4)5)13-15-31(30)47-27(3)10-7-8-17-44-34(25)22-39(6)21-28-12-14-32-33(18-28)46-24-45-32/h12-15,18-19,25-27,34,41H,7-11,16-17,20-24H2,1-6H3,(H,37,42)/t25-,26+,27-,34-/m1/s1. The highest BCUT2D eigenvalue weighted by atomic mass is 16.7. The third-order valence-electron chi connectivity index (χ3n) is 8.73. The van der Waals surface area contributed by atoms with E-state index in [1.807, 2.05) is 51.0 Å². The predicted molar refractivity (Wildman–Crippen MR) is 182 cm³/mol. The van der Waals surface area contributed by atoms with E-state index in [1.165, 1.54) is 0 Å². The monoisotopic (exact) mass is 654 g/mol. The number of carbonyl (C=O) groups excluding carboxylic acids is 2. The average Bonchev–Trinajstić information content (AvgIpc) is 3.50. The number of amides is 2. The van der Waals surface area contributed by atoms with Crippen LogP contribution in [0, 0.1) is 5.92 Å². The van der Waals surface area contributed by atoms with E-state index in [4.69, 9.17) is 18.9 Å². The first-order valence-electron chi connectivity index (χ1n) is 16.9. The van der Waals surface area contributed by atoms with Gasteiger partial charge < -0.3 is 39.2 Å². The fourth-order valence-corrected chi connectivity index (χ4v) is 5.96. The molecule has 0 saturated heterocycles. The second-order valence-corrected chi connectivity index (χ2v) is 13.4. The maximum absolute atomic E-state index is 14.4. The van der Waals surface area contributed by atoms with Crippen LogP contribution in [0.3, 0.4) is 0 Å². The van der Waals surface area contributed by atoms with Crippen LogP contribution in [0.15, 0.2) is 36.4 Å². The molecule has 0 spiro atoms. The molecule has 0 aliphatic carbocycles. The number of rotatable bonds is 11. The Morgan fingerprint density at radius 1 is 1.06 bits per heavy atom. The Kier molecular flexibility index (Phi) is 13.7. The van der Waals surface area contributed by atoms with Crippen molar-refractivity contribution in [2.75, 3.05) is 66.1 Å². The maximum Gasteiger partial charge on any atom is 0.258 e. The lowest BCUT2D eigenvalue weighted by Gasteiger charge is -2.36. The maximum atomic E-state index is 14.4. The number of carbonyl (C=O) groups is 2. The van der Waals surface area contributed by atoms with Crippen molar-refractivity contribution < 1.29 is 33.6 Å². The third-order valence-corrected chi connectivity index (χ3v) is 8.73. The van der Waals surface area contributed by atoms with Gasteiger partial charge in [-0.15, -0.1) is 0 Å². The Morgan fingerprint density at radius 3 is 2.60 bits per heavy atom. The second kappa shape index (κ2) is 17.7. The predicted octanol–water partition coefficient (Wildman–Crippen LogP) is 4.62. The quantitative estimate of drug-likeness (QED) is 0.358. The van der Waals surface area contributed by atoms with Crippen LogP contribution in [0.2, 0.25) is 0 Å². The van der Waals surface area contributed by atoms with Gasteiger partial charge in [0.25, 0.3) is 5.91 Å². The fraction of sp³-hybridized carbons (Fsp3) is 0.611. The van der Waals surface area contributed by atoms with Crippen molar-refractivity contribution in [1.82, 2.24) is 14.7 Å². The molecule has 4 rings (SSSR count). The molecule has 47 heavy (non-hydrogen) atoms. The van der Waals surface area contributed by atoms with Crippen molar-refractivity contribution in [3.63, 3.8) is 0 Å². The summed E-state index contributed by atoms with van der Waals surface area (Å²) in [6.45, 7) is 9.15. The first-order valence-corrected chi connectivity index (χ1v) is 16.9. The number of likely N-dealkylation sites (N-methyl/N-ethyl adjacent to an activating group) is 1. The molecule has 2 aromatic carbocycles. The van der Waals surface area contributed by atoms with Gasteiger partial charge in [0.2, 0.25) is 12.7 Å². The van der Waals surface area contributed by atoms with Gasteiger partial charge in [0.1, 0.15) is 5.75 Å². The lowest BCUT2D eigenvalue weighted by molar-refractivity contribution is -0.116. The van der Waals surface area contributed by atoms with E-state index in [0.29, 0.717) is 49.7 Å². The molecule has 260 valence electrons. The Morgan fingerprint density at radius 2 is 1.83 bits per heavy atom. The van der Waals surface area contributed by atoms with Gasteiger partial charge in [-0.1, -0.05) is 13.0 Å². The number of benzene rings is 2. The number of fused-ring (bicyclic) bond motifs is 2. The second-order valence-electron chi connectivity index (χ2n) is 13.4. The third kappa shape index (κ3) is 10.8. The zero-order valence-electron chi connectivity index (χ0n) is 29.0. The lowest BCUT2D eigenvalue weighted by atomic mass is 10.0. The summed E-state index contributed by atoms with van der Waals surface area (Å²) in [5.41, 5.74) is 2.02. The van der Waals surface area contributed by atoms with Gasteiger partial charge in [-0.3, -0.25) is 14.5 Å². The summed E-state index contributed by atoms with van der Waals surface area (Å²) in [5.74, 6) is 1.60. The first-order chi connectivity index (χ1) is 22.5. The van der Waals surface area contributed by atoms with Crippen LogP contribution in [-0.2, 0) is 16.1 Å². The molecule has 0 radical (unpaired) electrons. The minimum absolute atomic E-state index is 0.0435. The van der Waals surface area contributed by atoms with Gasteiger partial charge in [-0.25, -0.2) is 0 Å². The molecule has 2 N–H and O–H groups in total. The number of nitrogens with zero attached hydrogens (tertiary/aromatic N) is 3. The van der Waals surface area contributed by atoms with Crippen LogP contribution in [0.4, 0.5) is 5.69 Å². The average molecular weight is 655 g/mol. The molecule has 0 saturated carbocycles. The minimum Gasteiger partial charge on any atom is -0.490 e. The number of ether oxygens (including phenoxy) is 4. The van der Waals surface area contributed by atoms with Crippen LogP contribution < -0.4 is 19.5 Å². The molecule has 2 aliphatic rings. The van der Waals surface area contributed by atoms with Crippen LogP contribution in [-0.4, -0.2) is 111 Å². The molecular weight excluding hydrogens is 600 g/mol. The lowest BCUT2D eigenvalue weighted by Crippen LogP contribution is -2.47. The number of hydrogen-bond acceptors (Lipinski definition) is 9. The van der Waals surface area contributed by atoms with E-state index in [0.717, 1.165) is 49.3 Å². The summed E-state index contributed by atoms with van der Waals surface area (Å²) in [6.07, 6.45) is 3.46. The molecule has 4 atom stereocenters. The number of nitrogens with one attached hydrogen (secondary N) is 1. The molecule has 2 amide bonds. The summed E-state index contributed by atoms with van der Waals surface area (Å²) < 4.78 is 23.9. The Labute approximate surface area is 280 Å². The molecular formula is C36H54N4O7. The SMILES string of the molecule is C[C@@H]1CCCCO[C@H](CN(C)Cc2ccc3c(c2)OCO3)[C@H](C)CN([C@@H](C)CO)C(=O)c2cc(NC(=O)CCCN(C)C)ccc2O1. The van der Waals surface area contributed by atoms with Crippen molar-refractivity contribution in [3.05, 3.63) is 47.5 Å². The van der Waals surface area contributed by atoms with Crippen molar-refractivity contribution >= 4 is 17.5 Å². The summed E-state index contributed by atoms with van der Waals surface area (Å²) in [5, 5.41) is 13.2. The normalized spacial score (nSPS) is 21.3. The van der Waals surface area contributed by atoms with E-state index in [9.17, 15) is 14.7 Å². The highest BCUT2D eigenvalue weighted by Gasteiger charge is 2.30. The van der Waals surface area contributed by atoms with Crippen molar-refractivity contribution in [2.24, 2.45) is 5.92 Å². The zero-order valence-corrected chi connectivity index (χ0v) is 29.0. The summed E-state index contributed by atoms with van der Waals surface area (Å²) in [6, 6.07) is 10.8. The topological polar surface area (TPSA) is 113 Å². The Bertz CT molecular complexity index is 1320. The number of anilines is 1. The number of aliphatic hydroxyl groups excluding tert-OH is 1. The van der Waals surface area contributed by atoms with Crippen LogP contribution in [0.1, 0.15) is 68.8 Å². The van der Waals surface area contributed by atoms with Crippen LogP contribution >= 0.6 is 0 Å².